The van der Waals surface area contributed by atoms with Gasteiger partial charge in [0.05, 0.1) is 0 Å². The van der Waals surface area contributed by atoms with Crippen molar-refractivity contribution in [3.05, 3.63) is 11.9 Å². The van der Waals surface area contributed by atoms with Gasteiger partial charge in [-0.1, -0.05) is 0 Å². The van der Waals surface area contributed by atoms with Crippen molar-refractivity contribution in [1.29, 1.82) is 0 Å². The summed E-state index contributed by atoms with van der Waals surface area (Å²) < 4.78 is 0. The minimum atomic E-state index is 0.0954. The van der Waals surface area contributed by atoms with Crippen molar-refractivity contribution in [2.45, 2.75) is 13.3 Å². The van der Waals surface area contributed by atoms with E-state index >= 15 is 0 Å². The highest BCUT2D eigenvalue weighted by Gasteiger charge is 2.07. The Kier molecular flexibility index (Phi) is 4.68. The number of carbonyl (C=O) groups is 1. The number of aromatic nitrogens is 2. The van der Waals surface area contributed by atoms with Gasteiger partial charge in [-0.05, 0) is 6.92 Å². The summed E-state index contributed by atoms with van der Waals surface area (Å²) in [5.74, 6) is 1.65. The maximum absolute atomic E-state index is 11.4. The van der Waals surface area contributed by atoms with Gasteiger partial charge in [-0.2, -0.15) is 0 Å². The number of hydrogen-bond donors (Lipinski definition) is 2. The summed E-state index contributed by atoms with van der Waals surface area (Å²) in [4.78, 5) is 21.2. The second-order valence-electron chi connectivity index (χ2n) is 3.91. The predicted molar refractivity (Wildman–Crippen MR) is 68.1 cm³/mol. The van der Waals surface area contributed by atoms with Gasteiger partial charge in [0.2, 0.25) is 5.91 Å². The average molecular weight is 237 g/mol. The Hall–Kier alpha value is -1.85. The lowest BCUT2D eigenvalue weighted by Crippen LogP contribution is -2.24. The summed E-state index contributed by atoms with van der Waals surface area (Å²) in [6.45, 7) is 2.50. The van der Waals surface area contributed by atoms with Crippen LogP contribution < -0.4 is 10.6 Å². The third-order valence-corrected chi connectivity index (χ3v) is 2.45. The number of carbonyl (C=O) groups excluding carboxylic acids is 1. The summed E-state index contributed by atoms with van der Waals surface area (Å²) in [5, 5.41) is 6.12. The van der Waals surface area contributed by atoms with E-state index in [0.29, 0.717) is 13.0 Å². The third kappa shape index (κ3) is 3.58. The molecule has 0 spiro atoms. The van der Waals surface area contributed by atoms with Gasteiger partial charge in [-0.3, -0.25) is 4.79 Å². The Bertz CT molecular complexity index is 391. The van der Waals surface area contributed by atoms with E-state index in [-0.39, 0.29) is 5.91 Å². The largest absolute Gasteiger partial charge is 0.373 e. The van der Waals surface area contributed by atoms with Crippen LogP contribution in [0.25, 0.3) is 0 Å². The van der Waals surface area contributed by atoms with Crippen LogP contribution >= 0.6 is 0 Å². The molecule has 1 aromatic rings. The average Bonchev–Trinajstić information content (AvgIpc) is 2.31. The number of nitrogens with zero attached hydrogens (tertiary/aromatic N) is 3. The van der Waals surface area contributed by atoms with E-state index in [0.717, 1.165) is 17.2 Å². The van der Waals surface area contributed by atoms with Gasteiger partial charge < -0.3 is 15.5 Å². The molecule has 0 bridgehead atoms. The number of amides is 1. The van der Waals surface area contributed by atoms with Gasteiger partial charge in [-0.25, -0.2) is 9.97 Å². The Morgan fingerprint density at radius 1 is 1.35 bits per heavy atom. The number of nitrogens with one attached hydrogen (secondary N) is 2. The number of rotatable bonds is 5. The molecular formula is C11H19N5O. The molecule has 0 saturated carbocycles. The van der Waals surface area contributed by atoms with Crippen LogP contribution in [0, 0.1) is 6.92 Å². The van der Waals surface area contributed by atoms with Crippen molar-refractivity contribution in [2.24, 2.45) is 0 Å². The fourth-order valence-electron chi connectivity index (χ4n) is 1.39. The summed E-state index contributed by atoms with van der Waals surface area (Å²) in [6.07, 6.45) is 1.94. The van der Waals surface area contributed by atoms with E-state index in [1.165, 1.54) is 6.33 Å². The minimum absolute atomic E-state index is 0.0954. The van der Waals surface area contributed by atoms with Crippen molar-refractivity contribution in [3.63, 3.8) is 0 Å². The maximum Gasteiger partial charge on any atom is 0.223 e. The second-order valence-corrected chi connectivity index (χ2v) is 3.91. The van der Waals surface area contributed by atoms with E-state index in [4.69, 9.17) is 0 Å². The van der Waals surface area contributed by atoms with Crippen LogP contribution in [0.4, 0.5) is 11.6 Å². The molecule has 2 N–H and O–H groups in total. The third-order valence-electron chi connectivity index (χ3n) is 2.45. The molecule has 0 aromatic carbocycles. The lowest BCUT2D eigenvalue weighted by Gasteiger charge is -2.12. The summed E-state index contributed by atoms with van der Waals surface area (Å²) in [5.41, 5.74) is 0.951. The highest BCUT2D eigenvalue weighted by Crippen LogP contribution is 2.17. The van der Waals surface area contributed by atoms with Crippen LogP contribution in [0.1, 0.15) is 12.0 Å². The molecule has 1 amide bonds. The first kappa shape index (κ1) is 13.2. The summed E-state index contributed by atoms with van der Waals surface area (Å²) in [7, 11) is 5.31. The monoisotopic (exact) mass is 237 g/mol. The molecule has 17 heavy (non-hydrogen) atoms. The van der Waals surface area contributed by atoms with Crippen molar-refractivity contribution in [1.82, 2.24) is 14.9 Å². The normalized spacial score (nSPS) is 9.88. The lowest BCUT2D eigenvalue weighted by atomic mass is 10.3. The molecule has 1 rings (SSSR count). The zero-order valence-electron chi connectivity index (χ0n) is 10.7. The van der Waals surface area contributed by atoms with Crippen LogP contribution in [0.15, 0.2) is 6.33 Å². The van der Waals surface area contributed by atoms with Crippen LogP contribution in [-0.2, 0) is 4.79 Å². The first-order valence-corrected chi connectivity index (χ1v) is 5.49. The zero-order chi connectivity index (χ0) is 12.8. The molecule has 6 heteroatoms. The number of anilines is 2. The van der Waals surface area contributed by atoms with Crippen LogP contribution in [0.2, 0.25) is 0 Å². The molecule has 0 atom stereocenters. The first-order chi connectivity index (χ1) is 8.06. The molecule has 0 radical (unpaired) electrons. The molecule has 6 nitrogen and oxygen atoms in total. The van der Waals surface area contributed by atoms with Gasteiger partial charge >= 0.3 is 0 Å². The Morgan fingerprint density at radius 2 is 2.00 bits per heavy atom. The van der Waals surface area contributed by atoms with Crippen molar-refractivity contribution in [2.75, 3.05) is 38.3 Å². The van der Waals surface area contributed by atoms with Crippen molar-refractivity contribution < 1.29 is 4.79 Å². The standard InChI is InChI=1S/C11H19N5O/c1-8-10(12-2)14-7-15-11(8)13-6-5-9(17)16(3)4/h7H,5-6H2,1-4H3,(H2,12,13,14,15). The number of hydrogen-bond acceptors (Lipinski definition) is 5. The molecule has 0 aliphatic carbocycles. The fraction of sp³-hybridized carbons (Fsp3) is 0.545. The van der Waals surface area contributed by atoms with Crippen LogP contribution in [0.5, 0.6) is 0 Å². The minimum Gasteiger partial charge on any atom is -0.373 e. The van der Waals surface area contributed by atoms with Gasteiger partial charge in [0, 0.05) is 39.7 Å². The molecule has 94 valence electrons. The van der Waals surface area contributed by atoms with Crippen molar-refractivity contribution in [3.8, 4) is 0 Å². The topological polar surface area (TPSA) is 70.1 Å². The Balaban J connectivity index is 2.55. The molecule has 0 aliphatic rings. The molecule has 0 aliphatic heterocycles. The summed E-state index contributed by atoms with van der Waals surface area (Å²) >= 11 is 0. The quantitative estimate of drug-likeness (QED) is 0.789. The Labute approximate surface area is 101 Å². The fourth-order valence-corrected chi connectivity index (χ4v) is 1.39. The first-order valence-electron chi connectivity index (χ1n) is 5.49. The zero-order valence-corrected chi connectivity index (χ0v) is 10.7. The van der Waals surface area contributed by atoms with Gasteiger partial charge in [0.15, 0.2) is 0 Å². The smallest absolute Gasteiger partial charge is 0.223 e. The van der Waals surface area contributed by atoms with E-state index in [1.54, 1.807) is 19.0 Å². The highest BCUT2D eigenvalue weighted by molar-refractivity contribution is 5.76. The summed E-state index contributed by atoms with van der Waals surface area (Å²) in [6, 6.07) is 0. The lowest BCUT2D eigenvalue weighted by molar-refractivity contribution is -0.128. The molecular weight excluding hydrogens is 218 g/mol. The van der Waals surface area contributed by atoms with Crippen LogP contribution in [0.3, 0.4) is 0 Å². The van der Waals surface area contributed by atoms with E-state index in [2.05, 4.69) is 20.6 Å². The molecule has 1 aromatic heterocycles. The highest BCUT2D eigenvalue weighted by atomic mass is 16.2. The molecule has 0 fully saturated rings. The van der Waals surface area contributed by atoms with Gasteiger partial charge in [0.1, 0.15) is 18.0 Å². The van der Waals surface area contributed by atoms with E-state index in [9.17, 15) is 4.79 Å². The maximum atomic E-state index is 11.4. The molecule has 0 saturated heterocycles. The van der Waals surface area contributed by atoms with Crippen molar-refractivity contribution >= 4 is 17.5 Å². The predicted octanol–water partition coefficient (Wildman–Crippen LogP) is 0.717. The van der Waals surface area contributed by atoms with Gasteiger partial charge in [0.25, 0.3) is 0 Å². The van der Waals surface area contributed by atoms with E-state index < -0.39 is 0 Å². The van der Waals surface area contributed by atoms with Gasteiger partial charge in [-0.15, -0.1) is 0 Å². The second kappa shape index (κ2) is 6.03. The Morgan fingerprint density at radius 3 is 2.59 bits per heavy atom. The SMILES string of the molecule is CNc1ncnc(NCCC(=O)N(C)C)c1C. The van der Waals surface area contributed by atoms with Crippen LogP contribution in [-0.4, -0.2) is 48.5 Å². The van der Waals surface area contributed by atoms with E-state index in [1.807, 2.05) is 14.0 Å². The molecule has 0 unspecified atom stereocenters. The molecule has 1 heterocycles.